The first-order valence-corrected chi connectivity index (χ1v) is 10.3. The summed E-state index contributed by atoms with van der Waals surface area (Å²) in [5.74, 6) is 0.183. The first-order valence-electron chi connectivity index (χ1n) is 9.92. The quantitative estimate of drug-likeness (QED) is 0.581. The van der Waals surface area contributed by atoms with E-state index in [9.17, 15) is 9.59 Å². The second-order valence-corrected chi connectivity index (χ2v) is 7.77. The van der Waals surface area contributed by atoms with E-state index in [1.165, 1.54) is 0 Å². The molecule has 1 aliphatic carbocycles. The van der Waals surface area contributed by atoms with E-state index in [0.29, 0.717) is 40.6 Å². The van der Waals surface area contributed by atoms with E-state index < -0.39 is 5.91 Å². The average molecular weight is 437 g/mol. The molecule has 2 heterocycles. The van der Waals surface area contributed by atoms with Crippen LogP contribution in [0.25, 0.3) is 0 Å². The summed E-state index contributed by atoms with van der Waals surface area (Å²) in [6, 6.07) is 10.4. The number of furan rings is 1. The van der Waals surface area contributed by atoms with Crippen molar-refractivity contribution < 1.29 is 14.0 Å². The Bertz CT molecular complexity index is 1190. The summed E-state index contributed by atoms with van der Waals surface area (Å²) in [7, 11) is 0. The third-order valence-corrected chi connectivity index (χ3v) is 5.40. The Kier molecular flexibility index (Phi) is 5.86. The van der Waals surface area contributed by atoms with Gasteiger partial charge in [-0.3, -0.25) is 14.6 Å². The van der Waals surface area contributed by atoms with E-state index in [-0.39, 0.29) is 17.4 Å². The summed E-state index contributed by atoms with van der Waals surface area (Å²) in [4.78, 5) is 29.2. The highest BCUT2D eigenvalue weighted by molar-refractivity contribution is 6.31. The number of nitrogens with zero attached hydrogens (tertiary/aromatic N) is 2. The summed E-state index contributed by atoms with van der Waals surface area (Å²) in [6.45, 7) is 3.71. The van der Waals surface area contributed by atoms with Gasteiger partial charge < -0.3 is 9.73 Å². The molecular formula is C23H21ClN4O3. The number of aromatic nitrogens is 1. The van der Waals surface area contributed by atoms with Crippen LogP contribution in [-0.2, 0) is 6.42 Å². The maximum absolute atomic E-state index is 12.9. The molecule has 0 radical (unpaired) electrons. The van der Waals surface area contributed by atoms with Gasteiger partial charge in [-0.15, -0.1) is 0 Å². The molecule has 2 amide bonds. The van der Waals surface area contributed by atoms with Gasteiger partial charge in [0, 0.05) is 34.5 Å². The van der Waals surface area contributed by atoms with Crippen LogP contribution in [0, 0.1) is 13.8 Å². The van der Waals surface area contributed by atoms with Crippen LogP contribution in [0.15, 0.2) is 52.1 Å². The summed E-state index contributed by atoms with van der Waals surface area (Å²) >= 11 is 6.05. The average Bonchev–Trinajstić information content (AvgIpc) is 3.12. The maximum atomic E-state index is 12.9. The molecule has 158 valence electrons. The van der Waals surface area contributed by atoms with Gasteiger partial charge in [0.15, 0.2) is 5.76 Å². The number of rotatable bonds is 4. The van der Waals surface area contributed by atoms with Gasteiger partial charge >= 0.3 is 0 Å². The molecule has 0 fully saturated rings. The molecule has 7 nitrogen and oxygen atoms in total. The predicted molar refractivity (Wildman–Crippen MR) is 119 cm³/mol. The van der Waals surface area contributed by atoms with Crippen LogP contribution < -0.4 is 10.7 Å². The molecule has 0 atom stereocenters. The lowest BCUT2D eigenvalue weighted by Gasteiger charge is -2.13. The Labute approximate surface area is 184 Å². The number of hydrogen-bond acceptors (Lipinski definition) is 5. The SMILES string of the molecule is Cc1ccc(Cl)cc1NC(=O)c1oc2c(c1C)/C(=N/NC(=O)c1ccccn1)CCC2. The molecule has 2 aromatic heterocycles. The number of carbonyl (C=O) groups is 2. The van der Waals surface area contributed by atoms with Crippen molar-refractivity contribution in [2.45, 2.75) is 33.1 Å². The van der Waals surface area contributed by atoms with E-state index in [0.717, 1.165) is 17.5 Å². The minimum absolute atomic E-state index is 0.232. The highest BCUT2D eigenvalue weighted by Gasteiger charge is 2.28. The zero-order valence-corrected chi connectivity index (χ0v) is 17.9. The van der Waals surface area contributed by atoms with Crippen molar-refractivity contribution in [3.05, 3.63) is 81.5 Å². The second-order valence-electron chi connectivity index (χ2n) is 7.34. The molecular weight excluding hydrogens is 416 g/mol. The van der Waals surface area contributed by atoms with Gasteiger partial charge in [-0.1, -0.05) is 23.7 Å². The standard InChI is InChI=1S/C23H21ClN4O3/c1-13-9-10-15(24)12-18(13)26-23(30)21-14(2)20-16(7-5-8-19(20)31-21)27-28-22(29)17-6-3-4-11-25-17/h3-4,6,9-12H,5,7-8H2,1-2H3,(H,26,30)(H,28,29)/b27-16+. The number of halogens is 1. The van der Waals surface area contributed by atoms with Crippen molar-refractivity contribution in [1.29, 1.82) is 0 Å². The third-order valence-electron chi connectivity index (χ3n) is 5.17. The highest BCUT2D eigenvalue weighted by atomic mass is 35.5. The van der Waals surface area contributed by atoms with E-state index in [1.807, 2.05) is 19.9 Å². The van der Waals surface area contributed by atoms with Gasteiger partial charge in [0.05, 0.1) is 5.71 Å². The van der Waals surface area contributed by atoms with Crippen LogP contribution in [0.5, 0.6) is 0 Å². The van der Waals surface area contributed by atoms with Crippen LogP contribution in [0.4, 0.5) is 5.69 Å². The van der Waals surface area contributed by atoms with Gasteiger partial charge in [-0.25, -0.2) is 5.43 Å². The smallest absolute Gasteiger partial charge is 0.291 e. The summed E-state index contributed by atoms with van der Waals surface area (Å²) in [5.41, 5.74) is 6.52. The molecule has 0 saturated carbocycles. The van der Waals surface area contributed by atoms with Gasteiger partial charge in [0.25, 0.3) is 11.8 Å². The zero-order valence-electron chi connectivity index (χ0n) is 17.2. The lowest BCUT2D eigenvalue weighted by molar-refractivity contribution is 0.0948. The predicted octanol–water partition coefficient (Wildman–Crippen LogP) is 4.67. The first-order chi connectivity index (χ1) is 14.9. The number of aryl methyl sites for hydroxylation is 2. The summed E-state index contributed by atoms with van der Waals surface area (Å²) in [5, 5.41) is 7.72. The van der Waals surface area contributed by atoms with Crippen LogP contribution in [0.3, 0.4) is 0 Å². The topological polar surface area (TPSA) is 96.6 Å². The van der Waals surface area contributed by atoms with E-state index in [4.69, 9.17) is 16.0 Å². The molecule has 0 saturated heterocycles. The summed E-state index contributed by atoms with van der Waals surface area (Å²) in [6.07, 6.45) is 3.73. The van der Waals surface area contributed by atoms with Gasteiger partial charge in [0.2, 0.25) is 0 Å². The second kappa shape index (κ2) is 8.73. The molecule has 1 aliphatic rings. The molecule has 1 aromatic carbocycles. The zero-order chi connectivity index (χ0) is 22.0. The van der Waals surface area contributed by atoms with E-state index in [1.54, 1.807) is 36.5 Å². The number of nitrogens with one attached hydrogen (secondary N) is 2. The Morgan fingerprint density at radius 3 is 2.74 bits per heavy atom. The van der Waals surface area contributed by atoms with E-state index >= 15 is 0 Å². The number of benzene rings is 1. The van der Waals surface area contributed by atoms with Crippen molar-refractivity contribution >= 4 is 34.8 Å². The minimum atomic E-state index is -0.393. The molecule has 0 bridgehead atoms. The fraction of sp³-hybridized carbons (Fsp3) is 0.217. The fourth-order valence-electron chi connectivity index (χ4n) is 3.58. The number of carbonyl (C=O) groups excluding carboxylic acids is 2. The number of pyridine rings is 1. The summed E-state index contributed by atoms with van der Waals surface area (Å²) < 4.78 is 5.91. The van der Waals surface area contributed by atoms with Crippen molar-refractivity contribution in [3.63, 3.8) is 0 Å². The maximum Gasteiger partial charge on any atom is 0.291 e. The van der Waals surface area contributed by atoms with Crippen molar-refractivity contribution in [1.82, 2.24) is 10.4 Å². The molecule has 0 aliphatic heterocycles. The van der Waals surface area contributed by atoms with Crippen LogP contribution in [-0.4, -0.2) is 22.5 Å². The van der Waals surface area contributed by atoms with Gasteiger partial charge in [-0.2, -0.15) is 5.10 Å². The molecule has 8 heteroatoms. The van der Waals surface area contributed by atoms with Crippen LogP contribution in [0.1, 0.15) is 56.3 Å². The number of hydrazone groups is 1. The molecule has 31 heavy (non-hydrogen) atoms. The first kappa shape index (κ1) is 20.8. The Hall–Kier alpha value is -3.45. The highest BCUT2D eigenvalue weighted by Crippen LogP contribution is 2.31. The van der Waals surface area contributed by atoms with Gasteiger partial charge in [-0.05, 0) is 56.5 Å². The van der Waals surface area contributed by atoms with E-state index in [2.05, 4.69) is 20.8 Å². The van der Waals surface area contributed by atoms with Crippen LogP contribution >= 0.6 is 11.6 Å². The monoisotopic (exact) mass is 436 g/mol. The normalized spacial score (nSPS) is 14.2. The lowest BCUT2D eigenvalue weighted by Crippen LogP contribution is -2.22. The largest absolute Gasteiger partial charge is 0.455 e. The Balaban J connectivity index is 1.59. The van der Waals surface area contributed by atoms with Crippen molar-refractivity contribution in [2.75, 3.05) is 5.32 Å². The Morgan fingerprint density at radius 2 is 1.97 bits per heavy atom. The number of hydrogen-bond donors (Lipinski definition) is 2. The van der Waals surface area contributed by atoms with Gasteiger partial charge in [0.1, 0.15) is 11.5 Å². The van der Waals surface area contributed by atoms with Crippen molar-refractivity contribution in [3.8, 4) is 0 Å². The third kappa shape index (κ3) is 4.36. The fourth-order valence-corrected chi connectivity index (χ4v) is 3.75. The molecule has 3 aromatic rings. The number of amides is 2. The Morgan fingerprint density at radius 1 is 1.13 bits per heavy atom. The number of fused-ring (bicyclic) bond motifs is 1. The molecule has 4 rings (SSSR count). The lowest BCUT2D eigenvalue weighted by atomic mass is 9.93. The molecule has 2 N–H and O–H groups in total. The van der Waals surface area contributed by atoms with Crippen LogP contribution in [0.2, 0.25) is 5.02 Å². The number of anilines is 1. The molecule has 0 spiro atoms. The van der Waals surface area contributed by atoms with Crippen molar-refractivity contribution in [2.24, 2.45) is 5.10 Å². The molecule has 0 unspecified atom stereocenters. The minimum Gasteiger partial charge on any atom is -0.455 e.